The minimum absolute atomic E-state index is 0.0883. The molecule has 1 heterocycles. The van der Waals surface area contributed by atoms with E-state index in [2.05, 4.69) is 90.6 Å². The number of phenols is 1. The molecule has 1 aliphatic heterocycles. The van der Waals surface area contributed by atoms with Crippen molar-refractivity contribution in [3.8, 4) is 5.75 Å². The average molecular weight is 491 g/mol. The largest absolute Gasteiger partial charge is 0.507 e. The molecule has 2 aromatic carbocycles. The van der Waals surface area contributed by atoms with E-state index in [0.717, 1.165) is 42.8 Å². The summed E-state index contributed by atoms with van der Waals surface area (Å²) in [6.45, 7) is 18.7. The highest BCUT2D eigenvalue weighted by Crippen LogP contribution is 2.40. The number of ketones is 1. The number of benzene rings is 2. The highest BCUT2D eigenvalue weighted by molar-refractivity contribution is 6.01. The van der Waals surface area contributed by atoms with E-state index in [1.54, 1.807) is 0 Å². The third-order valence-electron chi connectivity index (χ3n) is 7.34. The third kappa shape index (κ3) is 6.38. The molecular weight excluding hydrogens is 444 g/mol. The van der Waals surface area contributed by atoms with E-state index in [0.29, 0.717) is 36.2 Å². The van der Waals surface area contributed by atoms with Crippen LogP contribution in [0.5, 0.6) is 5.75 Å². The van der Waals surface area contributed by atoms with Crippen LogP contribution in [0.1, 0.15) is 95.3 Å². The molecule has 2 aromatic rings. The van der Waals surface area contributed by atoms with Crippen LogP contribution < -0.4 is 0 Å². The zero-order valence-corrected chi connectivity index (χ0v) is 23.7. The summed E-state index contributed by atoms with van der Waals surface area (Å²) >= 11 is 0. The first kappa shape index (κ1) is 28.0. The second-order valence-electron chi connectivity index (χ2n) is 12.4. The number of phenolic OH excluding ortho intramolecular Hbond substituents is 1. The molecule has 0 radical (unpaired) electrons. The number of Topliss-reactive ketones (excluding diaryl/α,β-unsaturated/α-hetero) is 1. The van der Waals surface area contributed by atoms with Crippen LogP contribution >= 0.6 is 0 Å². The first-order chi connectivity index (χ1) is 16.9. The van der Waals surface area contributed by atoms with Crippen molar-refractivity contribution in [1.29, 1.82) is 0 Å². The molecule has 0 saturated carbocycles. The zero-order valence-electron chi connectivity index (χ0n) is 23.7. The van der Waals surface area contributed by atoms with Crippen molar-refractivity contribution in [3.63, 3.8) is 0 Å². The first-order valence-corrected chi connectivity index (χ1v) is 13.6. The molecule has 1 fully saturated rings. The predicted molar refractivity (Wildman–Crippen MR) is 151 cm³/mol. The summed E-state index contributed by atoms with van der Waals surface area (Å²) in [6, 6.07) is 14.5. The van der Waals surface area contributed by atoms with Crippen LogP contribution in [0, 0.1) is 11.8 Å². The quantitative estimate of drug-likeness (QED) is 0.399. The lowest BCUT2D eigenvalue weighted by molar-refractivity contribution is 0.0963. The Morgan fingerprint density at radius 2 is 1.58 bits per heavy atom. The molecule has 196 valence electrons. The Hall–Kier alpha value is -2.62. The van der Waals surface area contributed by atoms with Crippen molar-refractivity contribution >= 4 is 11.6 Å². The predicted octanol–water partition coefficient (Wildman–Crippen LogP) is 7.18. The normalized spacial score (nSPS) is 19.8. The Labute approximate surface area is 218 Å². The molecule has 2 atom stereocenters. The number of aromatic hydroxyl groups is 1. The van der Waals surface area contributed by atoms with Crippen molar-refractivity contribution in [1.82, 2.24) is 4.90 Å². The van der Waals surface area contributed by atoms with Crippen LogP contribution in [0.3, 0.4) is 0 Å². The van der Waals surface area contributed by atoms with Crippen LogP contribution in [0.4, 0.5) is 0 Å². The van der Waals surface area contributed by atoms with Crippen LogP contribution in [0.2, 0.25) is 0 Å². The maximum atomic E-state index is 13.8. The van der Waals surface area contributed by atoms with Crippen molar-refractivity contribution in [2.24, 2.45) is 16.8 Å². The lowest BCUT2D eigenvalue weighted by Gasteiger charge is -2.28. The Balaban J connectivity index is 1.95. The van der Waals surface area contributed by atoms with Gasteiger partial charge in [0, 0.05) is 35.7 Å². The molecule has 4 heteroatoms. The third-order valence-corrected chi connectivity index (χ3v) is 7.34. The fourth-order valence-corrected chi connectivity index (χ4v) is 5.47. The maximum Gasteiger partial charge on any atom is 0.182 e. The topological polar surface area (TPSA) is 52.9 Å². The van der Waals surface area contributed by atoms with Gasteiger partial charge in [-0.25, -0.2) is 0 Å². The molecule has 4 nitrogen and oxygen atoms in total. The highest BCUT2D eigenvalue weighted by Gasteiger charge is 2.38. The Kier molecular flexibility index (Phi) is 8.69. The number of rotatable bonds is 8. The number of carbonyl (C=O) groups is 1. The molecule has 0 aromatic heterocycles. The monoisotopic (exact) mass is 490 g/mol. The number of amidine groups is 1. The van der Waals surface area contributed by atoms with Crippen molar-refractivity contribution in [2.45, 2.75) is 85.5 Å². The van der Waals surface area contributed by atoms with Crippen LogP contribution in [0.25, 0.3) is 0 Å². The second kappa shape index (κ2) is 11.2. The SMILES string of the molecule is CCC[C@H]1CN(CC(=O)c2cc(C(C)(C)C)c(O)c(C(C)(C)C)c2)C(=NCC)[C@@H]1Cc1ccccc1. The van der Waals surface area contributed by atoms with Gasteiger partial charge in [-0.05, 0) is 54.2 Å². The summed E-state index contributed by atoms with van der Waals surface area (Å²) < 4.78 is 0. The summed E-state index contributed by atoms with van der Waals surface area (Å²) in [5, 5.41) is 11.1. The van der Waals surface area contributed by atoms with E-state index in [-0.39, 0.29) is 16.6 Å². The van der Waals surface area contributed by atoms with Crippen molar-refractivity contribution in [2.75, 3.05) is 19.6 Å². The molecule has 1 N–H and O–H groups in total. The minimum atomic E-state index is -0.268. The van der Waals surface area contributed by atoms with Gasteiger partial charge in [0.2, 0.25) is 0 Å². The van der Waals surface area contributed by atoms with E-state index >= 15 is 0 Å². The fourth-order valence-electron chi connectivity index (χ4n) is 5.47. The van der Waals surface area contributed by atoms with Gasteiger partial charge in [-0.15, -0.1) is 0 Å². The fraction of sp³-hybridized carbons (Fsp3) is 0.562. The molecule has 1 aliphatic rings. The molecular formula is C32H46N2O2. The number of hydrogen-bond acceptors (Lipinski definition) is 3. The first-order valence-electron chi connectivity index (χ1n) is 13.6. The Bertz CT molecular complexity index is 1040. The van der Waals surface area contributed by atoms with E-state index < -0.39 is 0 Å². The maximum absolute atomic E-state index is 13.8. The van der Waals surface area contributed by atoms with E-state index in [9.17, 15) is 9.90 Å². The molecule has 0 unspecified atom stereocenters. The zero-order chi connectivity index (χ0) is 26.7. The van der Waals surface area contributed by atoms with Crippen molar-refractivity contribution in [3.05, 3.63) is 64.7 Å². The van der Waals surface area contributed by atoms with Gasteiger partial charge in [0.1, 0.15) is 11.6 Å². The molecule has 0 aliphatic carbocycles. The summed E-state index contributed by atoms with van der Waals surface area (Å²) in [5.74, 6) is 2.30. The molecule has 0 spiro atoms. The highest BCUT2D eigenvalue weighted by atomic mass is 16.3. The van der Waals surface area contributed by atoms with Crippen LogP contribution in [-0.2, 0) is 17.3 Å². The van der Waals surface area contributed by atoms with Gasteiger partial charge in [0.05, 0.1) is 6.54 Å². The van der Waals surface area contributed by atoms with Gasteiger partial charge in [-0.3, -0.25) is 9.79 Å². The molecule has 36 heavy (non-hydrogen) atoms. The number of hydrogen-bond donors (Lipinski definition) is 1. The summed E-state index contributed by atoms with van der Waals surface area (Å²) in [4.78, 5) is 20.9. The summed E-state index contributed by atoms with van der Waals surface area (Å²) in [6.07, 6.45) is 3.21. The van der Waals surface area contributed by atoms with Crippen molar-refractivity contribution < 1.29 is 9.90 Å². The average Bonchev–Trinajstić information content (AvgIpc) is 3.09. The van der Waals surface area contributed by atoms with Gasteiger partial charge >= 0.3 is 0 Å². The van der Waals surface area contributed by atoms with Gasteiger partial charge in [0.15, 0.2) is 5.78 Å². The minimum Gasteiger partial charge on any atom is -0.507 e. The van der Waals surface area contributed by atoms with Gasteiger partial charge < -0.3 is 10.0 Å². The van der Waals surface area contributed by atoms with E-state index in [4.69, 9.17) is 4.99 Å². The lowest BCUT2D eigenvalue weighted by Crippen LogP contribution is -2.34. The van der Waals surface area contributed by atoms with Gasteiger partial charge in [-0.1, -0.05) is 85.2 Å². The number of carbonyl (C=O) groups excluding carboxylic acids is 1. The number of aliphatic imine (C=N–C) groups is 1. The second-order valence-corrected chi connectivity index (χ2v) is 12.4. The summed E-state index contributed by atoms with van der Waals surface area (Å²) in [5.41, 5.74) is 3.12. The molecule has 0 amide bonds. The smallest absolute Gasteiger partial charge is 0.182 e. The molecule has 0 bridgehead atoms. The number of likely N-dealkylation sites (tertiary alicyclic amines) is 1. The summed E-state index contributed by atoms with van der Waals surface area (Å²) in [7, 11) is 0. The molecule has 3 rings (SSSR count). The molecule has 1 saturated heterocycles. The van der Waals surface area contributed by atoms with Crippen LogP contribution in [0.15, 0.2) is 47.5 Å². The van der Waals surface area contributed by atoms with E-state index in [1.165, 1.54) is 5.56 Å². The van der Waals surface area contributed by atoms with E-state index in [1.807, 2.05) is 12.1 Å². The Morgan fingerprint density at radius 3 is 2.08 bits per heavy atom. The van der Waals surface area contributed by atoms with Gasteiger partial charge in [0.25, 0.3) is 0 Å². The van der Waals surface area contributed by atoms with Gasteiger partial charge in [-0.2, -0.15) is 0 Å². The number of nitrogens with zero attached hydrogens (tertiary/aromatic N) is 2. The standard InChI is InChI=1S/C32H46N2O2/c1-9-14-23-20-34(30(33-10-2)25(23)17-22-15-12-11-13-16-22)21-28(35)24-18-26(31(3,4)5)29(36)27(19-24)32(6,7)8/h11-13,15-16,18-19,23,25,36H,9-10,14,17,20-21H2,1-8H3/t23-,25+/m0/s1. The van der Waals surface area contributed by atoms with Crippen LogP contribution in [-0.4, -0.2) is 41.3 Å². The lowest BCUT2D eigenvalue weighted by atomic mass is 9.78. The Morgan fingerprint density at radius 1 is 1.00 bits per heavy atom.